The molecular weight excluding hydrogens is 925 g/mol. The summed E-state index contributed by atoms with van der Waals surface area (Å²) in [5.41, 5.74) is 30.6. The van der Waals surface area contributed by atoms with E-state index in [0.717, 1.165) is 81.8 Å². The predicted octanol–water partition coefficient (Wildman–Crippen LogP) is 4.39. The van der Waals surface area contributed by atoms with Crippen molar-refractivity contribution >= 4 is 40.6 Å². The highest BCUT2D eigenvalue weighted by atomic mass is 79.9. The Morgan fingerprint density at radius 2 is 1.01 bits per heavy atom. The molecule has 0 amide bonds. The van der Waals surface area contributed by atoms with Gasteiger partial charge in [0.25, 0.3) is 12.0 Å². The lowest BCUT2D eigenvalue weighted by molar-refractivity contribution is 0.195. The van der Waals surface area contributed by atoms with Crippen LogP contribution in [0.1, 0.15) is 71.9 Å². The van der Waals surface area contributed by atoms with Gasteiger partial charge >= 0.3 is 7.12 Å². The minimum absolute atomic E-state index is 0.0177. The Hall–Kier alpha value is -6.18. The smallest absolute Gasteiger partial charge is 0.465 e. The summed E-state index contributed by atoms with van der Waals surface area (Å²) < 4.78 is 11.7. The fourth-order valence-corrected chi connectivity index (χ4v) is 10.5. The van der Waals surface area contributed by atoms with Crippen LogP contribution in [0.3, 0.4) is 0 Å². The van der Waals surface area contributed by atoms with Crippen molar-refractivity contribution in [3.05, 3.63) is 149 Å². The molecule has 9 N–H and O–H groups in total. The summed E-state index contributed by atoms with van der Waals surface area (Å²) in [5.74, 6) is 0. The van der Waals surface area contributed by atoms with Gasteiger partial charge in [-0.1, -0.05) is 64.5 Å². The van der Waals surface area contributed by atoms with Crippen LogP contribution in [-0.2, 0) is 48.0 Å². The number of fused-ring (bicyclic) bond motifs is 3. The number of amidine groups is 2. The third kappa shape index (κ3) is 11.7. The van der Waals surface area contributed by atoms with E-state index in [1.165, 1.54) is 67.7 Å². The Labute approximate surface area is 405 Å². The van der Waals surface area contributed by atoms with Gasteiger partial charge in [-0.15, -0.1) is 0 Å². The largest absolute Gasteiger partial charge is 0.491 e. The summed E-state index contributed by atoms with van der Waals surface area (Å²) in [6.45, 7) is 1.51. The molecule has 11 rings (SSSR count). The van der Waals surface area contributed by atoms with E-state index in [0.29, 0.717) is 37.1 Å². The fourth-order valence-electron chi connectivity index (χ4n) is 9.93. The molecule has 18 heteroatoms. The molecular formula is C50H57BBrN11O5. The molecule has 5 aliphatic rings. The highest BCUT2D eigenvalue weighted by Gasteiger charge is 2.39. The van der Waals surface area contributed by atoms with Crippen LogP contribution >= 0.6 is 15.9 Å². The Morgan fingerprint density at radius 1 is 0.574 bits per heavy atom. The van der Waals surface area contributed by atoms with Crippen LogP contribution in [-0.4, -0.2) is 101 Å². The number of hydrogen-bond donors (Lipinski definition) is 6. The first-order chi connectivity index (χ1) is 33.0. The SMILES string of the molecule is NC1(CCO)CCc2c(cccc2-c2cncnc2)C1.NC1=NC2(CCO1)CCc1c(Br)cccc1C2.NC1=NC2(CCO1)CCc1c(cccc1-c1cncnc1)C2.OB(O)c1cncnc1. The summed E-state index contributed by atoms with van der Waals surface area (Å²) in [4.78, 5) is 32.8. The second-order valence-corrected chi connectivity index (χ2v) is 18.8. The lowest BCUT2D eigenvalue weighted by Gasteiger charge is -2.38. The minimum Gasteiger partial charge on any atom is -0.465 e. The molecule has 3 aromatic carbocycles. The standard InChI is InChI=1S/C17H18N4O.C16H19N3O.C13H15BrN2O.C4H5BN2O2/c18-16-21-17(6-7-22-16)5-4-15-12(8-17)2-1-3-14(15)13-9-19-11-20-10-13;17-16(6-7-20)5-4-15-12(8-16)2-1-3-14(15)13-9-18-11-19-10-13;14-11-3-1-2-9-8-13(5-4-10(9)11)6-7-17-12(15)16-13;8-5(9)4-1-6-3-7-2-4/h1-3,9-11H,4-8H2,(H2,18,21);1-3,9-11,20H,4-8,17H2;1-3H,4-8H2,(H2,15,16);1-3,8-9H. The number of aliphatic hydroxyl groups excluding tert-OH is 1. The molecule has 3 atom stereocenters. The topological polar surface area (TPSA) is 259 Å². The minimum atomic E-state index is -1.47. The number of benzene rings is 3. The van der Waals surface area contributed by atoms with Gasteiger partial charge in [0.2, 0.25) is 0 Å². The molecule has 3 aliphatic carbocycles. The predicted molar refractivity (Wildman–Crippen MR) is 265 cm³/mol. The van der Waals surface area contributed by atoms with Crippen molar-refractivity contribution in [2.24, 2.45) is 27.2 Å². The lowest BCUT2D eigenvalue weighted by atomic mass is 9.74. The van der Waals surface area contributed by atoms with Gasteiger partial charge in [-0.3, -0.25) is 0 Å². The van der Waals surface area contributed by atoms with Crippen molar-refractivity contribution in [2.45, 2.75) is 93.7 Å². The Balaban J connectivity index is 0.000000127. The third-order valence-corrected chi connectivity index (χ3v) is 14.2. The van der Waals surface area contributed by atoms with Crippen molar-refractivity contribution in [2.75, 3.05) is 19.8 Å². The van der Waals surface area contributed by atoms with E-state index in [9.17, 15) is 0 Å². The molecule has 3 aromatic heterocycles. The van der Waals surface area contributed by atoms with Gasteiger partial charge in [0.05, 0.1) is 24.3 Å². The number of nitrogens with two attached hydrogens (primary N) is 3. The molecule has 6 aromatic rings. The van der Waals surface area contributed by atoms with Crippen molar-refractivity contribution < 1.29 is 24.6 Å². The number of ether oxygens (including phenoxy) is 2. The average Bonchev–Trinajstić information content (AvgIpc) is 3.35. The van der Waals surface area contributed by atoms with E-state index in [1.807, 2.05) is 24.8 Å². The van der Waals surface area contributed by atoms with E-state index in [1.54, 1.807) is 12.7 Å². The lowest BCUT2D eigenvalue weighted by Crippen LogP contribution is -2.45. The third-order valence-electron chi connectivity index (χ3n) is 13.5. The van der Waals surface area contributed by atoms with Gasteiger partial charge < -0.3 is 41.8 Å². The summed E-state index contributed by atoms with van der Waals surface area (Å²) in [6.07, 6.45) is 25.8. The molecule has 0 bridgehead atoms. The van der Waals surface area contributed by atoms with Gasteiger partial charge in [0.1, 0.15) is 19.0 Å². The fraction of sp³-hybridized carbons (Fsp3) is 0.360. The van der Waals surface area contributed by atoms with Crippen molar-refractivity contribution in [3.8, 4) is 22.3 Å². The molecule has 3 unspecified atom stereocenters. The Morgan fingerprint density at radius 3 is 1.49 bits per heavy atom. The van der Waals surface area contributed by atoms with Crippen molar-refractivity contribution in [3.63, 3.8) is 0 Å². The van der Waals surface area contributed by atoms with Crippen LogP contribution in [0.5, 0.6) is 0 Å². The van der Waals surface area contributed by atoms with Crippen LogP contribution < -0.4 is 22.7 Å². The Kier molecular flexibility index (Phi) is 15.5. The van der Waals surface area contributed by atoms with Crippen molar-refractivity contribution in [1.82, 2.24) is 29.9 Å². The molecule has 0 saturated carbocycles. The maximum Gasteiger partial charge on any atom is 0.491 e. The first-order valence-electron chi connectivity index (χ1n) is 22.9. The number of aromatic nitrogens is 6. The highest BCUT2D eigenvalue weighted by molar-refractivity contribution is 9.10. The summed E-state index contributed by atoms with van der Waals surface area (Å²) in [7, 11) is -1.47. The normalized spacial score (nSPS) is 22.0. The van der Waals surface area contributed by atoms with Gasteiger partial charge in [0, 0.05) is 83.2 Å². The zero-order valence-electron chi connectivity index (χ0n) is 37.9. The summed E-state index contributed by atoms with van der Waals surface area (Å²) in [6, 6.07) is 19.9. The van der Waals surface area contributed by atoms with E-state index < -0.39 is 7.12 Å². The zero-order chi connectivity index (χ0) is 47.6. The van der Waals surface area contributed by atoms with Crippen LogP contribution in [0.25, 0.3) is 22.3 Å². The van der Waals surface area contributed by atoms with E-state index >= 15 is 0 Å². The summed E-state index contributed by atoms with van der Waals surface area (Å²) >= 11 is 3.62. The van der Waals surface area contributed by atoms with Gasteiger partial charge in [-0.25, -0.2) is 39.9 Å². The summed E-state index contributed by atoms with van der Waals surface area (Å²) in [5, 5.41) is 26.2. The number of nitrogens with zero attached hydrogens (tertiary/aromatic N) is 8. The molecule has 2 spiro atoms. The van der Waals surface area contributed by atoms with Crippen molar-refractivity contribution in [1.29, 1.82) is 0 Å². The molecule has 16 nitrogen and oxygen atoms in total. The number of hydrogen-bond acceptors (Lipinski definition) is 16. The molecule has 352 valence electrons. The highest BCUT2D eigenvalue weighted by Crippen LogP contribution is 2.41. The first kappa shape index (κ1) is 48.3. The number of aliphatic hydroxyl groups is 1. The second-order valence-electron chi connectivity index (χ2n) is 18.0. The van der Waals surface area contributed by atoms with Crippen LogP contribution in [0.2, 0.25) is 0 Å². The maximum absolute atomic E-state index is 9.17. The number of halogens is 1. The molecule has 2 aliphatic heterocycles. The van der Waals surface area contributed by atoms with Gasteiger partial charge in [-0.2, -0.15) is 0 Å². The molecule has 68 heavy (non-hydrogen) atoms. The van der Waals surface area contributed by atoms with Crippen LogP contribution in [0, 0.1) is 0 Å². The quantitative estimate of drug-likeness (QED) is 0.131. The average molecular weight is 983 g/mol. The first-order valence-corrected chi connectivity index (χ1v) is 23.7. The monoisotopic (exact) mass is 981 g/mol. The van der Waals surface area contributed by atoms with E-state index in [4.69, 9.17) is 41.8 Å². The molecule has 0 fully saturated rings. The zero-order valence-corrected chi connectivity index (χ0v) is 39.5. The molecule has 0 saturated heterocycles. The molecule has 5 heterocycles. The number of rotatable bonds is 5. The van der Waals surface area contributed by atoms with Crippen LogP contribution in [0.4, 0.5) is 0 Å². The maximum atomic E-state index is 9.17. The Bertz CT molecular complexity index is 2710. The van der Waals surface area contributed by atoms with E-state index in [2.05, 4.69) is 110 Å². The number of aliphatic imine (C=N–C) groups is 2. The second kappa shape index (κ2) is 21.8. The van der Waals surface area contributed by atoms with Gasteiger partial charge in [0.15, 0.2) is 0 Å². The molecule has 0 radical (unpaired) electrons. The van der Waals surface area contributed by atoms with Crippen LogP contribution in [0.15, 0.2) is 125 Å². The van der Waals surface area contributed by atoms with E-state index in [-0.39, 0.29) is 23.2 Å². The van der Waals surface area contributed by atoms with Gasteiger partial charge in [-0.05, 0) is 115 Å².